The Labute approximate surface area is 113 Å². The second-order valence-corrected chi connectivity index (χ2v) is 5.48. The lowest BCUT2D eigenvalue weighted by atomic mass is 9.81. The number of nitrogens with zero attached hydrogens (tertiary/aromatic N) is 2. The monoisotopic (exact) mass is 259 g/mol. The molecule has 1 aromatic carbocycles. The van der Waals surface area contributed by atoms with Gasteiger partial charge in [-0.2, -0.15) is 0 Å². The van der Waals surface area contributed by atoms with Crippen LogP contribution in [-0.2, 0) is 7.05 Å². The minimum absolute atomic E-state index is 0.225. The molecule has 2 aromatic rings. The molecule has 1 aliphatic rings. The zero-order valence-corrected chi connectivity index (χ0v) is 11.3. The van der Waals surface area contributed by atoms with Crippen molar-refractivity contribution in [2.24, 2.45) is 13.0 Å². The smallest absolute Gasteiger partial charge is 0.0955 e. The van der Waals surface area contributed by atoms with Crippen LogP contribution in [0, 0.1) is 5.92 Å². The molecule has 0 radical (unpaired) electrons. The third kappa shape index (κ3) is 2.38. The van der Waals surface area contributed by atoms with Crippen molar-refractivity contribution in [3.8, 4) is 0 Å². The summed E-state index contributed by atoms with van der Waals surface area (Å²) in [6.45, 7) is 2.35. The Bertz CT molecular complexity index is 558. The minimum Gasteiger partial charge on any atom is -0.396 e. The summed E-state index contributed by atoms with van der Waals surface area (Å²) in [4.78, 5) is 4.41. The van der Waals surface area contributed by atoms with Crippen LogP contribution >= 0.6 is 0 Å². The molecule has 3 rings (SSSR count). The van der Waals surface area contributed by atoms with Crippen molar-refractivity contribution in [2.75, 3.05) is 19.7 Å². The maximum absolute atomic E-state index is 9.76. The molecule has 4 nitrogen and oxygen atoms in total. The number of hydrogen-bond donors (Lipinski definition) is 2. The highest BCUT2D eigenvalue weighted by molar-refractivity contribution is 5.76. The summed E-state index contributed by atoms with van der Waals surface area (Å²) < 4.78 is 2.03. The van der Waals surface area contributed by atoms with Gasteiger partial charge in [-0.3, -0.25) is 0 Å². The van der Waals surface area contributed by atoms with E-state index in [1.165, 1.54) is 5.56 Å². The number of rotatable bonds is 3. The van der Waals surface area contributed by atoms with Gasteiger partial charge in [-0.1, -0.05) is 6.07 Å². The molecular formula is C15H21N3O. The predicted molar refractivity (Wildman–Crippen MR) is 76.1 cm³/mol. The molecule has 1 aromatic heterocycles. The number of benzene rings is 1. The number of nitrogens with one attached hydrogen (secondary N) is 1. The Hall–Kier alpha value is -1.39. The van der Waals surface area contributed by atoms with E-state index in [0.29, 0.717) is 5.92 Å². The molecule has 1 atom stereocenters. The maximum atomic E-state index is 9.76. The van der Waals surface area contributed by atoms with Gasteiger partial charge in [0.1, 0.15) is 0 Å². The SMILES string of the molecule is Cn1cnc2cc(C(CO)C3CCNCC3)ccc21. The molecule has 2 N–H and O–H groups in total. The van der Waals surface area contributed by atoms with E-state index in [9.17, 15) is 5.11 Å². The van der Waals surface area contributed by atoms with E-state index in [4.69, 9.17) is 0 Å². The van der Waals surface area contributed by atoms with Gasteiger partial charge >= 0.3 is 0 Å². The fraction of sp³-hybridized carbons (Fsp3) is 0.533. The van der Waals surface area contributed by atoms with Crippen molar-refractivity contribution >= 4 is 11.0 Å². The number of aromatic nitrogens is 2. The van der Waals surface area contributed by atoms with Gasteiger partial charge in [0.2, 0.25) is 0 Å². The molecule has 0 aliphatic carbocycles. The highest BCUT2D eigenvalue weighted by Crippen LogP contribution is 2.32. The first-order valence-corrected chi connectivity index (χ1v) is 7.02. The standard InChI is InChI=1S/C15H21N3O/c1-18-10-17-14-8-12(2-3-15(14)18)13(9-19)11-4-6-16-7-5-11/h2-3,8,10-11,13,16,19H,4-7,9H2,1H3. The molecule has 4 heteroatoms. The molecular weight excluding hydrogens is 238 g/mol. The molecule has 19 heavy (non-hydrogen) atoms. The number of aliphatic hydroxyl groups is 1. The lowest BCUT2D eigenvalue weighted by molar-refractivity contribution is 0.201. The largest absolute Gasteiger partial charge is 0.396 e. The first kappa shape index (κ1) is 12.6. The van der Waals surface area contributed by atoms with Gasteiger partial charge in [0.15, 0.2) is 0 Å². The third-order valence-electron chi connectivity index (χ3n) is 4.33. The first-order chi connectivity index (χ1) is 9.29. The van der Waals surface area contributed by atoms with Crippen molar-refractivity contribution in [3.05, 3.63) is 30.1 Å². The summed E-state index contributed by atoms with van der Waals surface area (Å²) >= 11 is 0. The van der Waals surface area contributed by atoms with Gasteiger partial charge in [-0.25, -0.2) is 4.98 Å². The summed E-state index contributed by atoms with van der Waals surface area (Å²) in [5, 5.41) is 13.1. The molecule has 0 saturated carbocycles. The van der Waals surface area contributed by atoms with Gasteiger partial charge in [0.25, 0.3) is 0 Å². The maximum Gasteiger partial charge on any atom is 0.0955 e. The summed E-state index contributed by atoms with van der Waals surface area (Å²) in [6, 6.07) is 6.40. The number of hydrogen-bond acceptors (Lipinski definition) is 3. The molecule has 1 fully saturated rings. The Kier molecular flexibility index (Phi) is 3.53. The number of piperidine rings is 1. The fourth-order valence-electron chi connectivity index (χ4n) is 3.16. The molecule has 0 bridgehead atoms. The second kappa shape index (κ2) is 5.31. The van der Waals surface area contributed by atoms with Crippen LogP contribution in [0.2, 0.25) is 0 Å². The van der Waals surface area contributed by atoms with E-state index in [0.717, 1.165) is 37.0 Å². The quantitative estimate of drug-likeness (QED) is 0.881. The Morgan fingerprint density at radius 1 is 1.42 bits per heavy atom. The van der Waals surface area contributed by atoms with Crippen LogP contribution in [0.25, 0.3) is 11.0 Å². The number of aryl methyl sites for hydroxylation is 1. The summed E-state index contributed by atoms with van der Waals surface area (Å²) in [6.07, 6.45) is 4.13. The van der Waals surface area contributed by atoms with Gasteiger partial charge in [0, 0.05) is 13.0 Å². The lowest BCUT2D eigenvalue weighted by Crippen LogP contribution is -2.32. The van der Waals surface area contributed by atoms with Crippen LogP contribution in [0.15, 0.2) is 24.5 Å². The Balaban J connectivity index is 1.91. The van der Waals surface area contributed by atoms with Crippen LogP contribution < -0.4 is 5.32 Å². The van der Waals surface area contributed by atoms with E-state index in [1.54, 1.807) is 0 Å². The van der Waals surface area contributed by atoms with Gasteiger partial charge in [0.05, 0.1) is 24.0 Å². The van der Waals surface area contributed by atoms with Crippen molar-refractivity contribution in [3.63, 3.8) is 0 Å². The second-order valence-electron chi connectivity index (χ2n) is 5.48. The third-order valence-corrected chi connectivity index (χ3v) is 4.33. The molecule has 0 amide bonds. The molecule has 102 valence electrons. The normalized spacial score (nSPS) is 18.8. The average Bonchev–Trinajstić information content (AvgIpc) is 2.82. The summed E-state index contributed by atoms with van der Waals surface area (Å²) in [5.74, 6) is 0.820. The van der Waals surface area contributed by atoms with E-state index < -0.39 is 0 Å². The number of imidazole rings is 1. The van der Waals surface area contributed by atoms with E-state index in [2.05, 4.69) is 28.5 Å². The Morgan fingerprint density at radius 3 is 2.95 bits per heavy atom. The van der Waals surface area contributed by atoms with Crippen LogP contribution in [-0.4, -0.2) is 34.4 Å². The van der Waals surface area contributed by atoms with Crippen molar-refractivity contribution in [2.45, 2.75) is 18.8 Å². The molecule has 1 saturated heterocycles. The van der Waals surface area contributed by atoms with Crippen molar-refractivity contribution in [1.82, 2.24) is 14.9 Å². The summed E-state index contributed by atoms with van der Waals surface area (Å²) in [7, 11) is 2.01. The fourth-order valence-corrected chi connectivity index (χ4v) is 3.16. The first-order valence-electron chi connectivity index (χ1n) is 7.02. The highest BCUT2D eigenvalue weighted by Gasteiger charge is 2.24. The molecule has 2 heterocycles. The zero-order chi connectivity index (χ0) is 13.2. The van der Waals surface area contributed by atoms with E-state index in [-0.39, 0.29) is 12.5 Å². The van der Waals surface area contributed by atoms with E-state index >= 15 is 0 Å². The van der Waals surface area contributed by atoms with Crippen molar-refractivity contribution in [1.29, 1.82) is 0 Å². The zero-order valence-electron chi connectivity index (χ0n) is 11.3. The number of fused-ring (bicyclic) bond motifs is 1. The van der Waals surface area contributed by atoms with Gasteiger partial charge < -0.3 is 15.0 Å². The topological polar surface area (TPSA) is 50.1 Å². The van der Waals surface area contributed by atoms with Crippen LogP contribution in [0.5, 0.6) is 0 Å². The molecule has 1 unspecified atom stereocenters. The van der Waals surface area contributed by atoms with Crippen LogP contribution in [0.1, 0.15) is 24.3 Å². The van der Waals surface area contributed by atoms with Crippen LogP contribution in [0.3, 0.4) is 0 Å². The lowest BCUT2D eigenvalue weighted by Gasteiger charge is -2.29. The molecule has 0 spiro atoms. The van der Waals surface area contributed by atoms with Crippen molar-refractivity contribution < 1.29 is 5.11 Å². The number of aliphatic hydroxyl groups excluding tert-OH is 1. The average molecular weight is 259 g/mol. The Morgan fingerprint density at radius 2 is 2.21 bits per heavy atom. The van der Waals surface area contributed by atoms with Gasteiger partial charge in [-0.15, -0.1) is 0 Å². The highest BCUT2D eigenvalue weighted by atomic mass is 16.3. The predicted octanol–water partition coefficient (Wildman–Crippen LogP) is 1.65. The van der Waals surface area contributed by atoms with E-state index in [1.807, 2.05) is 17.9 Å². The van der Waals surface area contributed by atoms with Crippen LogP contribution in [0.4, 0.5) is 0 Å². The van der Waals surface area contributed by atoms with Gasteiger partial charge in [-0.05, 0) is 49.5 Å². The summed E-state index contributed by atoms with van der Waals surface area (Å²) in [5.41, 5.74) is 3.39. The minimum atomic E-state index is 0.225. The molecule has 1 aliphatic heterocycles.